The molecule has 24 heavy (non-hydrogen) atoms. The minimum absolute atomic E-state index is 0.0331. The smallest absolute Gasteiger partial charge is 0.264 e. The summed E-state index contributed by atoms with van der Waals surface area (Å²) in [7, 11) is 3.41. The first-order chi connectivity index (χ1) is 11.4. The van der Waals surface area contributed by atoms with E-state index in [1.807, 2.05) is 31.2 Å². The predicted octanol–water partition coefficient (Wildman–Crippen LogP) is 3.02. The van der Waals surface area contributed by atoms with Crippen molar-refractivity contribution in [2.75, 3.05) is 30.5 Å². The van der Waals surface area contributed by atoms with Gasteiger partial charge in [-0.2, -0.15) is 0 Å². The summed E-state index contributed by atoms with van der Waals surface area (Å²) in [6, 6.07) is 14.8. The third kappa shape index (κ3) is 4.35. The Kier molecular flexibility index (Phi) is 5.58. The molecular weight excluding hydrogens is 304 g/mol. The summed E-state index contributed by atoms with van der Waals surface area (Å²) in [4.78, 5) is 26.7. The molecule has 0 aromatic heterocycles. The van der Waals surface area contributed by atoms with Crippen molar-refractivity contribution >= 4 is 23.2 Å². The van der Waals surface area contributed by atoms with E-state index in [2.05, 4.69) is 0 Å². The first kappa shape index (κ1) is 17.5. The van der Waals surface area contributed by atoms with Crippen molar-refractivity contribution in [2.45, 2.75) is 13.8 Å². The summed E-state index contributed by atoms with van der Waals surface area (Å²) in [6.07, 6.45) is 0. The van der Waals surface area contributed by atoms with Crippen molar-refractivity contribution in [3.63, 3.8) is 0 Å². The van der Waals surface area contributed by atoms with E-state index in [-0.39, 0.29) is 18.4 Å². The Morgan fingerprint density at radius 1 is 0.875 bits per heavy atom. The van der Waals surface area contributed by atoms with Crippen LogP contribution in [0, 0.1) is 6.92 Å². The molecule has 2 rings (SSSR count). The summed E-state index contributed by atoms with van der Waals surface area (Å²) in [5, 5.41) is 0. The van der Waals surface area contributed by atoms with Gasteiger partial charge >= 0.3 is 0 Å². The van der Waals surface area contributed by atoms with Gasteiger partial charge in [-0.1, -0.05) is 17.7 Å². The van der Waals surface area contributed by atoms with Gasteiger partial charge in [-0.25, -0.2) is 0 Å². The van der Waals surface area contributed by atoms with Crippen LogP contribution in [0.1, 0.15) is 12.5 Å². The van der Waals surface area contributed by atoms with Gasteiger partial charge in [0.25, 0.3) is 5.91 Å². The van der Waals surface area contributed by atoms with Crippen LogP contribution in [-0.4, -0.2) is 32.5 Å². The molecule has 2 aromatic rings. The Labute approximate surface area is 142 Å². The average Bonchev–Trinajstić information content (AvgIpc) is 2.59. The zero-order valence-corrected chi connectivity index (χ0v) is 14.4. The summed E-state index contributed by atoms with van der Waals surface area (Å²) in [5.41, 5.74) is 2.66. The maximum absolute atomic E-state index is 12.2. The monoisotopic (exact) mass is 326 g/mol. The van der Waals surface area contributed by atoms with E-state index in [0.717, 1.165) is 16.9 Å². The molecule has 0 aliphatic carbocycles. The molecule has 0 saturated heterocycles. The van der Waals surface area contributed by atoms with Gasteiger partial charge in [-0.05, 0) is 43.3 Å². The molecule has 0 fully saturated rings. The lowest BCUT2D eigenvalue weighted by atomic mass is 10.2. The number of anilines is 2. The standard InChI is InChI=1S/C19H22N2O3/c1-14-5-11-18(12-6-14)24-13-19(23)21(4)17-9-7-16(8-10-17)20(3)15(2)22/h5-12H,13H2,1-4H3. The number of benzene rings is 2. The van der Waals surface area contributed by atoms with Gasteiger partial charge in [0, 0.05) is 32.4 Å². The molecule has 0 unspecified atom stereocenters. The predicted molar refractivity (Wildman–Crippen MR) is 95.6 cm³/mol. The van der Waals surface area contributed by atoms with Crippen molar-refractivity contribution in [3.05, 3.63) is 54.1 Å². The second kappa shape index (κ2) is 7.64. The molecule has 0 atom stereocenters. The van der Waals surface area contributed by atoms with Crippen LogP contribution in [0.15, 0.2) is 48.5 Å². The van der Waals surface area contributed by atoms with Crippen LogP contribution >= 0.6 is 0 Å². The molecule has 0 N–H and O–H groups in total. The van der Waals surface area contributed by atoms with Crippen LogP contribution in [0.5, 0.6) is 5.75 Å². The molecule has 0 heterocycles. The number of carbonyl (C=O) groups is 2. The van der Waals surface area contributed by atoms with E-state index in [1.54, 1.807) is 43.3 Å². The molecule has 2 amide bonds. The maximum Gasteiger partial charge on any atom is 0.264 e. The molecule has 0 saturated carbocycles. The summed E-state index contributed by atoms with van der Waals surface area (Å²) in [5.74, 6) is 0.475. The summed E-state index contributed by atoms with van der Waals surface area (Å²) < 4.78 is 5.51. The van der Waals surface area contributed by atoms with Gasteiger partial charge in [-0.15, -0.1) is 0 Å². The van der Waals surface area contributed by atoms with E-state index >= 15 is 0 Å². The van der Waals surface area contributed by atoms with Crippen molar-refractivity contribution in [1.82, 2.24) is 0 Å². The van der Waals surface area contributed by atoms with Crippen molar-refractivity contribution in [2.24, 2.45) is 0 Å². The van der Waals surface area contributed by atoms with Crippen LogP contribution in [0.4, 0.5) is 11.4 Å². The molecule has 0 radical (unpaired) electrons. The van der Waals surface area contributed by atoms with Gasteiger partial charge in [-0.3, -0.25) is 9.59 Å². The van der Waals surface area contributed by atoms with Gasteiger partial charge < -0.3 is 14.5 Å². The molecular formula is C19H22N2O3. The molecule has 0 bridgehead atoms. The zero-order valence-electron chi connectivity index (χ0n) is 14.4. The second-order valence-corrected chi connectivity index (χ2v) is 5.65. The fourth-order valence-electron chi connectivity index (χ4n) is 2.10. The average molecular weight is 326 g/mol. The van der Waals surface area contributed by atoms with E-state index in [4.69, 9.17) is 4.74 Å². The lowest BCUT2D eigenvalue weighted by Crippen LogP contribution is -2.31. The first-order valence-electron chi connectivity index (χ1n) is 7.69. The SMILES string of the molecule is CC(=O)N(C)c1ccc(N(C)C(=O)COc2ccc(C)cc2)cc1. The Morgan fingerprint density at radius 3 is 1.88 bits per heavy atom. The fourth-order valence-corrected chi connectivity index (χ4v) is 2.10. The largest absolute Gasteiger partial charge is 0.484 e. The highest BCUT2D eigenvalue weighted by Crippen LogP contribution is 2.20. The van der Waals surface area contributed by atoms with Crippen molar-refractivity contribution in [1.29, 1.82) is 0 Å². The Balaban J connectivity index is 1.97. The molecule has 5 heteroatoms. The molecule has 2 aromatic carbocycles. The first-order valence-corrected chi connectivity index (χ1v) is 7.69. The third-order valence-corrected chi connectivity index (χ3v) is 3.85. The fraction of sp³-hybridized carbons (Fsp3) is 0.263. The minimum Gasteiger partial charge on any atom is -0.484 e. The number of carbonyl (C=O) groups excluding carboxylic acids is 2. The van der Waals surface area contributed by atoms with Crippen LogP contribution in [0.2, 0.25) is 0 Å². The molecule has 0 spiro atoms. The molecule has 5 nitrogen and oxygen atoms in total. The second-order valence-electron chi connectivity index (χ2n) is 5.65. The highest BCUT2D eigenvalue weighted by Gasteiger charge is 2.13. The number of hydrogen-bond acceptors (Lipinski definition) is 3. The van der Waals surface area contributed by atoms with Crippen LogP contribution in [-0.2, 0) is 9.59 Å². The summed E-state index contributed by atoms with van der Waals surface area (Å²) in [6.45, 7) is 3.47. The number of aryl methyl sites for hydroxylation is 1. The Morgan fingerprint density at radius 2 is 1.38 bits per heavy atom. The van der Waals surface area contributed by atoms with Gasteiger partial charge in [0.1, 0.15) is 5.75 Å². The van der Waals surface area contributed by atoms with Crippen LogP contribution in [0.3, 0.4) is 0 Å². The highest BCUT2D eigenvalue weighted by molar-refractivity contribution is 5.95. The molecule has 126 valence electrons. The van der Waals surface area contributed by atoms with E-state index in [9.17, 15) is 9.59 Å². The van der Waals surface area contributed by atoms with E-state index < -0.39 is 0 Å². The van der Waals surface area contributed by atoms with Crippen LogP contribution < -0.4 is 14.5 Å². The lowest BCUT2D eigenvalue weighted by molar-refractivity contribution is -0.120. The highest BCUT2D eigenvalue weighted by atomic mass is 16.5. The minimum atomic E-state index is -0.150. The van der Waals surface area contributed by atoms with Crippen molar-refractivity contribution < 1.29 is 14.3 Å². The zero-order chi connectivity index (χ0) is 17.7. The molecule has 0 aliphatic rings. The lowest BCUT2D eigenvalue weighted by Gasteiger charge is -2.20. The molecule has 0 aliphatic heterocycles. The third-order valence-electron chi connectivity index (χ3n) is 3.85. The van der Waals surface area contributed by atoms with Gasteiger partial charge in [0.15, 0.2) is 6.61 Å². The number of hydrogen-bond donors (Lipinski definition) is 0. The van der Waals surface area contributed by atoms with Crippen molar-refractivity contribution in [3.8, 4) is 5.75 Å². The number of likely N-dealkylation sites (N-methyl/N-ethyl adjacent to an activating group) is 1. The normalized spacial score (nSPS) is 10.2. The van der Waals surface area contributed by atoms with Crippen LogP contribution in [0.25, 0.3) is 0 Å². The van der Waals surface area contributed by atoms with E-state index in [0.29, 0.717) is 5.75 Å². The number of nitrogens with zero attached hydrogens (tertiary/aromatic N) is 2. The topological polar surface area (TPSA) is 49.9 Å². The van der Waals surface area contributed by atoms with E-state index in [1.165, 1.54) is 11.8 Å². The number of rotatable bonds is 5. The quantitative estimate of drug-likeness (QED) is 0.848. The number of ether oxygens (including phenoxy) is 1. The number of amides is 2. The Hall–Kier alpha value is -2.82. The van der Waals surface area contributed by atoms with Gasteiger partial charge in [0.2, 0.25) is 5.91 Å². The van der Waals surface area contributed by atoms with Gasteiger partial charge in [0.05, 0.1) is 0 Å². The maximum atomic E-state index is 12.2. The Bertz CT molecular complexity index is 708. The summed E-state index contributed by atoms with van der Waals surface area (Å²) >= 11 is 0.